The maximum absolute atomic E-state index is 11.0. The normalized spacial score (nSPS) is 17.6. The van der Waals surface area contributed by atoms with Gasteiger partial charge in [-0.2, -0.15) is 4.52 Å². The predicted molar refractivity (Wildman–Crippen MR) is 110 cm³/mol. The molecule has 2 aromatic carbocycles. The van der Waals surface area contributed by atoms with Crippen molar-refractivity contribution >= 4 is 16.3 Å². The summed E-state index contributed by atoms with van der Waals surface area (Å²) >= 11 is 1.55. The molecule has 1 aliphatic rings. The second-order valence-electron chi connectivity index (χ2n) is 7.59. The number of nitrogens with zero attached hydrogens (tertiary/aromatic N) is 3. The molecular weight excluding hydrogens is 368 g/mol. The second-order valence-corrected chi connectivity index (χ2v) is 8.60. The summed E-state index contributed by atoms with van der Waals surface area (Å²) in [7, 11) is 0. The summed E-state index contributed by atoms with van der Waals surface area (Å²) in [4.78, 5) is 7.60. The van der Waals surface area contributed by atoms with Crippen molar-refractivity contribution in [3.8, 4) is 5.88 Å². The van der Waals surface area contributed by atoms with Crippen LogP contribution < -0.4 is 4.90 Å². The topological polar surface area (TPSA) is 54.9 Å². The van der Waals surface area contributed by atoms with Gasteiger partial charge in [-0.05, 0) is 19.4 Å². The van der Waals surface area contributed by atoms with E-state index in [-0.39, 0.29) is 11.9 Å². The van der Waals surface area contributed by atoms with E-state index < -0.39 is 0 Å². The lowest BCUT2D eigenvalue weighted by Crippen LogP contribution is -3.12. The Labute approximate surface area is 167 Å². The molecule has 5 nitrogen and oxygen atoms in total. The molecule has 0 fully saturated rings. The van der Waals surface area contributed by atoms with Crippen LogP contribution in [0.15, 0.2) is 48.5 Å². The van der Waals surface area contributed by atoms with Gasteiger partial charge >= 0.3 is 0 Å². The summed E-state index contributed by atoms with van der Waals surface area (Å²) in [5, 5.41) is 15.3. The molecule has 142 valence electrons. The van der Waals surface area contributed by atoms with Crippen molar-refractivity contribution in [1.82, 2.24) is 14.6 Å². The highest BCUT2D eigenvalue weighted by Gasteiger charge is 2.34. The van der Waals surface area contributed by atoms with Crippen molar-refractivity contribution in [2.75, 3.05) is 6.54 Å². The molecule has 4 aromatic rings. The highest BCUT2D eigenvalue weighted by molar-refractivity contribution is 7.17. The summed E-state index contributed by atoms with van der Waals surface area (Å²) < 4.78 is 1.58. The van der Waals surface area contributed by atoms with Gasteiger partial charge in [0.25, 0.3) is 0 Å². The summed E-state index contributed by atoms with van der Waals surface area (Å²) in [6.45, 7) is 5.93. The number of nitrogens with one attached hydrogen (secondary N) is 1. The van der Waals surface area contributed by atoms with Gasteiger partial charge in [0, 0.05) is 17.5 Å². The molecule has 1 aliphatic heterocycles. The molecule has 0 saturated heterocycles. The van der Waals surface area contributed by atoms with Crippen molar-refractivity contribution in [2.45, 2.75) is 32.9 Å². The molecule has 3 heterocycles. The lowest BCUT2D eigenvalue weighted by atomic mass is 9.95. The van der Waals surface area contributed by atoms with Gasteiger partial charge in [0.1, 0.15) is 17.2 Å². The Morgan fingerprint density at radius 2 is 1.82 bits per heavy atom. The van der Waals surface area contributed by atoms with Crippen LogP contribution in [0.3, 0.4) is 0 Å². The fourth-order valence-corrected chi connectivity index (χ4v) is 5.40. The van der Waals surface area contributed by atoms with Gasteiger partial charge in [0.15, 0.2) is 6.04 Å². The van der Waals surface area contributed by atoms with Crippen LogP contribution in [-0.4, -0.2) is 26.2 Å². The molecule has 6 heteroatoms. The molecule has 2 N–H and O–H groups in total. The number of aryl methyl sites for hydroxylation is 2. The van der Waals surface area contributed by atoms with Gasteiger partial charge in [-0.15, -0.1) is 5.10 Å². The van der Waals surface area contributed by atoms with E-state index in [2.05, 4.69) is 65.5 Å². The van der Waals surface area contributed by atoms with Crippen LogP contribution in [0.25, 0.3) is 4.96 Å². The summed E-state index contributed by atoms with van der Waals surface area (Å²) in [5.74, 6) is 0.900. The van der Waals surface area contributed by atoms with Crippen molar-refractivity contribution < 1.29 is 10.0 Å². The molecule has 0 amide bonds. The second kappa shape index (κ2) is 6.72. The van der Waals surface area contributed by atoms with Crippen molar-refractivity contribution in [2.24, 2.45) is 0 Å². The SMILES string of the molecule is Cc1ccc([C@H](c2sc3nc(C)nn3c2O)[NH+]2CCc3ccccc3C2)cc1. The minimum atomic E-state index is 0.0581. The monoisotopic (exact) mass is 391 g/mol. The Morgan fingerprint density at radius 1 is 1.07 bits per heavy atom. The van der Waals surface area contributed by atoms with Crippen LogP contribution in [-0.2, 0) is 13.0 Å². The maximum atomic E-state index is 11.0. The average Bonchev–Trinajstić information content (AvgIpc) is 3.21. The quantitative estimate of drug-likeness (QED) is 0.565. The van der Waals surface area contributed by atoms with E-state index in [0.717, 1.165) is 29.3 Å². The van der Waals surface area contributed by atoms with Crippen LogP contribution >= 0.6 is 11.3 Å². The first-order valence-corrected chi connectivity index (χ1v) is 10.4. The summed E-state index contributed by atoms with van der Waals surface area (Å²) in [5.41, 5.74) is 5.30. The van der Waals surface area contributed by atoms with E-state index in [1.54, 1.807) is 15.9 Å². The molecule has 0 spiro atoms. The lowest BCUT2D eigenvalue weighted by molar-refractivity contribution is -0.940. The zero-order valence-corrected chi connectivity index (χ0v) is 16.8. The molecule has 2 aromatic heterocycles. The van der Waals surface area contributed by atoms with Gasteiger partial charge in [-0.1, -0.05) is 65.4 Å². The van der Waals surface area contributed by atoms with Gasteiger partial charge < -0.3 is 10.0 Å². The van der Waals surface area contributed by atoms with Crippen LogP contribution in [0, 0.1) is 13.8 Å². The molecule has 2 atom stereocenters. The fraction of sp³-hybridized carbons (Fsp3) is 0.273. The number of thiazole rings is 1. The third-order valence-electron chi connectivity index (χ3n) is 5.64. The molecule has 28 heavy (non-hydrogen) atoms. The lowest BCUT2D eigenvalue weighted by Gasteiger charge is -2.32. The molecule has 0 saturated carbocycles. The highest BCUT2D eigenvalue weighted by Crippen LogP contribution is 2.35. The van der Waals surface area contributed by atoms with Crippen LogP contribution in [0.1, 0.15) is 39.0 Å². The number of hydrogen-bond acceptors (Lipinski definition) is 4. The van der Waals surface area contributed by atoms with Crippen LogP contribution in [0.2, 0.25) is 0 Å². The van der Waals surface area contributed by atoms with E-state index in [9.17, 15) is 5.11 Å². The predicted octanol–water partition coefficient (Wildman–Crippen LogP) is 2.84. The van der Waals surface area contributed by atoms with Gasteiger partial charge in [-0.25, -0.2) is 4.98 Å². The zero-order valence-electron chi connectivity index (χ0n) is 16.0. The number of rotatable bonds is 3. The fourth-order valence-electron chi connectivity index (χ4n) is 4.22. The van der Waals surface area contributed by atoms with Crippen LogP contribution in [0.5, 0.6) is 5.88 Å². The van der Waals surface area contributed by atoms with Crippen molar-refractivity contribution in [3.05, 3.63) is 81.5 Å². The standard InChI is InChI=1S/C22H22N4OS/c1-14-7-9-17(10-8-14)19(20-21(27)26-22(28-20)23-15(2)24-26)25-12-11-16-5-3-4-6-18(16)13-25/h3-10,19,27H,11-13H2,1-2H3/p+1/t19-/m1/s1. The minimum absolute atomic E-state index is 0.0581. The Bertz CT molecular complexity index is 1150. The number of aromatic nitrogens is 3. The molecule has 0 bridgehead atoms. The van der Waals surface area contributed by atoms with E-state index in [0.29, 0.717) is 5.82 Å². The van der Waals surface area contributed by atoms with Gasteiger partial charge in [0.05, 0.1) is 6.54 Å². The van der Waals surface area contributed by atoms with Crippen molar-refractivity contribution in [1.29, 1.82) is 0 Å². The Hall–Kier alpha value is -2.70. The third kappa shape index (κ3) is 2.89. The molecule has 1 unspecified atom stereocenters. The van der Waals surface area contributed by atoms with Crippen LogP contribution in [0.4, 0.5) is 0 Å². The van der Waals surface area contributed by atoms with E-state index in [1.807, 2.05) is 6.92 Å². The third-order valence-corrected chi connectivity index (χ3v) is 6.72. The number of fused-ring (bicyclic) bond motifs is 2. The summed E-state index contributed by atoms with van der Waals surface area (Å²) in [6, 6.07) is 17.4. The first-order valence-electron chi connectivity index (χ1n) is 9.63. The van der Waals surface area contributed by atoms with Crippen molar-refractivity contribution in [3.63, 3.8) is 0 Å². The number of quaternary nitrogens is 1. The highest BCUT2D eigenvalue weighted by atomic mass is 32.1. The largest absolute Gasteiger partial charge is 0.492 e. The van der Waals surface area contributed by atoms with Gasteiger partial charge in [0.2, 0.25) is 10.8 Å². The van der Waals surface area contributed by atoms with E-state index in [1.165, 1.54) is 27.2 Å². The van der Waals surface area contributed by atoms with Gasteiger partial charge in [-0.3, -0.25) is 0 Å². The van der Waals surface area contributed by atoms with E-state index >= 15 is 0 Å². The Balaban J connectivity index is 1.62. The van der Waals surface area contributed by atoms with E-state index in [4.69, 9.17) is 0 Å². The smallest absolute Gasteiger partial charge is 0.235 e. The molecule has 0 radical (unpaired) electrons. The Kier molecular flexibility index (Phi) is 4.18. The molecule has 0 aliphatic carbocycles. The molecular formula is C22H23N4OS+. The zero-order chi connectivity index (χ0) is 19.3. The number of aromatic hydroxyl groups is 1. The minimum Gasteiger partial charge on any atom is -0.492 e. The number of benzene rings is 2. The Morgan fingerprint density at radius 3 is 2.57 bits per heavy atom. The number of hydrogen-bond donors (Lipinski definition) is 2. The first kappa shape index (κ1) is 17.4. The first-order chi connectivity index (χ1) is 13.6. The summed E-state index contributed by atoms with van der Waals surface area (Å²) in [6.07, 6.45) is 1.05. The maximum Gasteiger partial charge on any atom is 0.235 e. The molecule has 5 rings (SSSR count). The average molecular weight is 392 g/mol.